The van der Waals surface area contributed by atoms with Crippen LogP contribution in [0.25, 0.3) is 0 Å². The Kier molecular flexibility index (Phi) is 35.5. The van der Waals surface area contributed by atoms with E-state index in [-0.39, 0.29) is 50.0 Å². The van der Waals surface area contributed by atoms with Gasteiger partial charge in [0, 0.05) is 77.8 Å². The first kappa shape index (κ1) is 87.9. The maximum atomic E-state index is 15.1. The number of carbonyl (C=O) groups excluding carboxylic acids is 12. The van der Waals surface area contributed by atoms with Crippen LogP contribution in [0.1, 0.15) is 168 Å². The van der Waals surface area contributed by atoms with Crippen molar-refractivity contribution in [1.82, 2.24) is 62.6 Å². The molecule has 0 radical (unpaired) electrons. The summed E-state index contributed by atoms with van der Waals surface area (Å²) in [6, 6.07) is -1.86. The van der Waals surface area contributed by atoms with E-state index >= 15 is 9.59 Å². The molecule has 6 rings (SSSR count). The number of nitrogens with one attached hydrogen (secondary N) is 9. The number of thioether (sulfide) groups is 1. The molecule has 12 amide bonds. The number of fused-ring (bicyclic) bond motifs is 2. The highest BCUT2D eigenvalue weighted by atomic mass is 32.2. The molecule has 4 heterocycles. The van der Waals surface area contributed by atoms with Crippen LogP contribution in [0.3, 0.4) is 0 Å². The van der Waals surface area contributed by atoms with Crippen molar-refractivity contribution >= 4 is 82.6 Å². The molecule has 1 unspecified atom stereocenters. The van der Waals surface area contributed by atoms with Crippen molar-refractivity contribution in [2.45, 2.75) is 260 Å². The number of carbonyl (C=O) groups is 12. The molecule has 32 nitrogen and oxygen atoms in total. The van der Waals surface area contributed by atoms with Crippen molar-refractivity contribution in [3.63, 3.8) is 0 Å². The number of benzene rings is 2. The fourth-order valence-electron chi connectivity index (χ4n) is 14.2. The highest BCUT2D eigenvalue weighted by Crippen LogP contribution is 2.29. The van der Waals surface area contributed by atoms with Gasteiger partial charge < -0.3 is 103 Å². The molecule has 0 bridgehead atoms. The van der Waals surface area contributed by atoms with Crippen LogP contribution in [-0.4, -0.2) is 268 Å². The molecule has 4 fully saturated rings. The number of β-amino-alcohol motifs (C(OH)–C–C–N with tert-alkyl or cyclic N) is 1. The van der Waals surface area contributed by atoms with Crippen LogP contribution < -0.4 is 47.9 Å². The molecule has 2 aromatic rings. The minimum atomic E-state index is -2.39. The van der Waals surface area contributed by atoms with E-state index in [0.29, 0.717) is 42.4 Å². The molecule has 0 aliphatic carbocycles. The highest BCUT2D eigenvalue weighted by molar-refractivity contribution is 7.98. The second-order valence-electron chi connectivity index (χ2n) is 29.1. The van der Waals surface area contributed by atoms with E-state index < -0.39 is 219 Å². The van der Waals surface area contributed by atoms with Gasteiger partial charge in [-0.1, -0.05) is 108 Å². The fourth-order valence-corrected chi connectivity index (χ4v) is 14.7. The van der Waals surface area contributed by atoms with Gasteiger partial charge in [0.1, 0.15) is 72.3 Å². The van der Waals surface area contributed by atoms with Gasteiger partial charge in [0.2, 0.25) is 70.9 Å². The summed E-state index contributed by atoms with van der Waals surface area (Å²) in [7, 11) is 0. The van der Waals surface area contributed by atoms with Crippen molar-refractivity contribution in [3.05, 3.63) is 65.7 Å². The van der Waals surface area contributed by atoms with E-state index in [1.807, 2.05) is 6.26 Å². The molecule has 2 aromatic carbocycles. The number of aromatic hydroxyl groups is 1. The smallest absolute Gasteiger partial charge is 0.248 e. The zero-order valence-corrected chi connectivity index (χ0v) is 63.2. The first-order valence-corrected chi connectivity index (χ1v) is 38.8. The van der Waals surface area contributed by atoms with Crippen molar-refractivity contribution in [3.8, 4) is 5.75 Å². The number of phenols is 1. The largest absolute Gasteiger partial charge is 0.508 e. The number of phenolic OH excluding ortho intramolecular Hbond substituents is 1. The van der Waals surface area contributed by atoms with Gasteiger partial charge in [-0.05, 0) is 99.5 Å². The molecular weight excluding hydrogens is 1410 g/mol. The third-order valence-electron chi connectivity index (χ3n) is 20.3. The molecule has 0 aromatic heterocycles. The summed E-state index contributed by atoms with van der Waals surface area (Å²) in [6.07, 6.45) is -4.66. The Morgan fingerprint density at radius 1 is 0.645 bits per heavy atom. The van der Waals surface area contributed by atoms with Gasteiger partial charge in [-0.2, -0.15) is 11.8 Å². The van der Waals surface area contributed by atoms with Gasteiger partial charge in [0.25, 0.3) is 0 Å². The van der Waals surface area contributed by atoms with Gasteiger partial charge in [0.05, 0.1) is 30.5 Å². The normalized spacial score (nSPS) is 25.7. The summed E-state index contributed by atoms with van der Waals surface area (Å²) in [6.45, 7) is 8.42. The molecule has 596 valence electrons. The first-order valence-electron chi connectivity index (χ1n) is 37.5. The van der Waals surface area contributed by atoms with Crippen LogP contribution in [0.4, 0.5) is 0 Å². The number of likely N-dealkylation sites (tertiary alicyclic amines) is 1. The molecule has 17 N–H and O–H groups in total. The molecule has 4 saturated heterocycles. The lowest BCUT2D eigenvalue weighted by Crippen LogP contribution is -2.64. The Labute approximate surface area is 629 Å². The maximum Gasteiger partial charge on any atom is 0.248 e. The summed E-state index contributed by atoms with van der Waals surface area (Å²) in [5.41, 5.74) is 0.567. The molecule has 19 atom stereocenters. The van der Waals surface area contributed by atoms with Gasteiger partial charge >= 0.3 is 0 Å². The van der Waals surface area contributed by atoms with Gasteiger partial charge in [-0.15, -0.1) is 0 Å². The van der Waals surface area contributed by atoms with Gasteiger partial charge in [-0.3, -0.25) is 57.5 Å². The topological polar surface area (TPSA) is 485 Å². The number of rotatable bonds is 34. The van der Waals surface area contributed by atoms with Crippen molar-refractivity contribution in [2.24, 2.45) is 11.8 Å². The highest BCUT2D eigenvalue weighted by Gasteiger charge is 2.50. The van der Waals surface area contributed by atoms with E-state index in [1.165, 1.54) is 42.1 Å². The second kappa shape index (κ2) is 43.2. The first-order chi connectivity index (χ1) is 50.8. The predicted molar refractivity (Wildman–Crippen MR) is 393 cm³/mol. The van der Waals surface area contributed by atoms with Crippen molar-refractivity contribution < 1.29 is 98.4 Å². The van der Waals surface area contributed by atoms with Crippen molar-refractivity contribution in [2.75, 3.05) is 44.7 Å². The Balaban J connectivity index is 1.23. The van der Waals surface area contributed by atoms with Crippen LogP contribution in [0.5, 0.6) is 5.75 Å². The number of aliphatic hydroxyl groups is 7. The van der Waals surface area contributed by atoms with Crippen molar-refractivity contribution in [1.29, 1.82) is 0 Å². The number of nitrogens with zero attached hydrogens (tertiary/aromatic N) is 3. The van der Waals surface area contributed by atoms with Crippen LogP contribution in [0.2, 0.25) is 0 Å². The van der Waals surface area contributed by atoms with E-state index in [1.54, 1.807) is 37.3 Å². The zero-order valence-electron chi connectivity index (χ0n) is 62.4. The molecule has 33 heteroatoms. The standard InChI is InChI=1S/C74H114N12O20S/c1-8-41(2)34-42(3)18-14-11-9-10-12-17-21-59(95)79-52-37-49(90)39-77-71(103)63-57(93)28-32-84(63)74(106)61(82-70(102)62(65(97)64(96)47-22-24-48(89)25-23-47)83-69(101)54-38-50(91)40-85(54)73(105)60(44(5)87)81-67(52)99)56(92)26-30-75-58(94)27-31-76-68(100)55(36-46-19-15-13-16-20-46)86-43(4)35-53(72(86)104)80-66(98)51(29-33-107-7)78-45(6)88/h13,15-16,19-20,22-25,41-44,49-57,60-65,87,89-93,96-97H,8-12,14,17-18,21,26-40H2,1-7H3,(H,75,94)(H,76,100)(H,77,103)(H,78,88)(H,79,95)(H,80,98)(H,81,99)(H,82,102)(H,83,101)/t41-,42+,43?,44+,49+,50+,51-,52-,53-,54-,55-,56+,57-,60-,61-,62-,63-,64-,65-/m0/s1. The Morgan fingerprint density at radius 2 is 1.30 bits per heavy atom. The Bertz CT molecular complexity index is 3310. The van der Waals surface area contributed by atoms with Crippen LogP contribution in [-0.2, 0) is 64.0 Å². The maximum absolute atomic E-state index is 15.1. The fraction of sp³-hybridized carbons (Fsp3) is 0.676. The monoisotopic (exact) mass is 1520 g/mol. The number of hydrogen-bond donors (Lipinski definition) is 17. The predicted octanol–water partition coefficient (Wildman–Crippen LogP) is -1.55. The van der Waals surface area contributed by atoms with E-state index in [9.17, 15) is 88.8 Å². The number of aliphatic hydroxyl groups excluding tert-OH is 7. The Hall–Kier alpha value is -8.05. The van der Waals surface area contributed by atoms with Crippen LogP contribution >= 0.6 is 11.8 Å². The average Bonchev–Trinajstić information content (AvgIpc) is 1.72. The van der Waals surface area contributed by atoms with E-state index in [2.05, 4.69) is 68.6 Å². The molecule has 0 spiro atoms. The third-order valence-corrected chi connectivity index (χ3v) is 21.0. The third kappa shape index (κ3) is 26.4. The summed E-state index contributed by atoms with van der Waals surface area (Å²) in [4.78, 5) is 172. The van der Waals surface area contributed by atoms with Crippen LogP contribution in [0.15, 0.2) is 54.6 Å². The molecular formula is C74H114N12O20S. The summed E-state index contributed by atoms with van der Waals surface area (Å²) < 4.78 is 0. The zero-order chi connectivity index (χ0) is 78.8. The summed E-state index contributed by atoms with van der Waals surface area (Å²) >= 11 is 1.47. The lowest BCUT2D eigenvalue weighted by atomic mass is 9.91. The SMILES string of the molecule is CC[C@H](C)C[C@H](C)CCCCCCCCC(=O)N[C@H]1C[C@@H](O)CNC(=O)[C@@H]2[C@@H](O)CCN2C(=O)[C@H]([C@H](O)CCNC(=O)CCNC(=O)[C@H](Cc2ccccc2)N2C(=O)[C@@H](NC(=O)[C@H](CCSC)NC(C)=O)CC2C)NC(=O)[C@H]([C@H](O)[C@@H](O)c2ccc(O)cc2)NC(=O)[C@@H]2C[C@@H](O)CN2C(=O)[C@H]([C@@H](C)O)NC1=O. The quantitative estimate of drug-likeness (QED) is 0.0353. The average molecular weight is 1520 g/mol. The number of hydrogen-bond acceptors (Lipinski definition) is 21. The number of unbranched alkanes of at least 4 members (excludes halogenated alkanes) is 5. The molecule has 4 aliphatic rings. The molecule has 107 heavy (non-hydrogen) atoms. The Morgan fingerprint density at radius 3 is 1.96 bits per heavy atom. The minimum Gasteiger partial charge on any atom is -0.508 e. The van der Waals surface area contributed by atoms with Gasteiger partial charge in [-0.25, -0.2) is 0 Å². The van der Waals surface area contributed by atoms with Gasteiger partial charge in [0.15, 0.2) is 0 Å². The lowest BCUT2D eigenvalue weighted by Gasteiger charge is -2.34. The lowest BCUT2D eigenvalue weighted by molar-refractivity contribution is -0.148. The van der Waals surface area contributed by atoms with E-state index in [0.717, 1.165) is 67.4 Å². The molecule has 4 aliphatic heterocycles. The summed E-state index contributed by atoms with van der Waals surface area (Å²) in [5, 5.41) is 114. The summed E-state index contributed by atoms with van der Waals surface area (Å²) in [5.74, 6) is -9.24. The number of amides is 12. The van der Waals surface area contributed by atoms with Crippen LogP contribution in [0, 0.1) is 11.8 Å². The molecule has 0 saturated carbocycles. The minimum absolute atomic E-state index is 0.0418. The second-order valence-corrected chi connectivity index (χ2v) is 30.1. The van der Waals surface area contributed by atoms with E-state index in [4.69, 9.17) is 0 Å².